The van der Waals surface area contributed by atoms with E-state index in [1.54, 1.807) is 24.3 Å². The highest BCUT2D eigenvalue weighted by molar-refractivity contribution is 6.19. The van der Waals surface area contributed by atoms with Gasteiger partial charge >= 0.3 is 0 Å². The molecule has 0 radical (unpaired) electrons. The largest absolute Gasteiger partial charge is 0.298 e. The Morgan fingerprint density at radius 3 is 2.36 bits per heavy atom. The number of fused-ring (bicyclic) bond motifs is 1. The van der Waals surface area contributed by atoms with Crippen LogP contribution in [-0.2, 0) is 16.0 Å². The van der Waals surface area contributed by atoms with E-state index in [4.69, 9.17) is 0 Å². The number of benzene rings is 2. The number of carbonyl (C=O) groups is 3. The van der Waals surface area contributed by atoms with Gasteiger partial charge in [-0.3, -0.25) is 19.3 Å². The third-order valence-corrected chi connectivity index (χ3v) is 3.93. The molecule has 3 rings (SSSR count). The molecule has 1 aliphatic rings. The second-order valence-corrected chi connectivity index (χ2v) is 5.35. The summed E-state index contributed by atoms with van der Waals surface area (Å²) in [5.74, 6) is -1.91. The van der Waals surface area contributed by atoms with Crippen LogP contribution in [0.3, 0.4) is 0 Å². The molecule has 0 bridgehead atoms. The van der Waals surface area contributed by atoms with Crippen LogP contribution >= 0.6 is 0 Å². The van der Waals surface area contributed by atoms with Gasteiger partial charge in [-0.25, -0.2) is 0 Å². The molecule has 1 atom stereocenters. The van der Waals surface area contributed by atoms with Crippen molar-refractivity contribution in [2.24, 2.45) is 0 Å². The van der Waals surface area contributed by atoms with Gasteiger partial charge in [0.15, 0.2) is 5.78 Å². The maximum absolute atomic E-state index is 12.6. The summed E-state index contributed by atoms with van der Waals surface area (Å²) in [5, 5.41) is 0. The van der Waals surface area contributed by atoms with E-state index in [0.29, 0.717) is 11.1 Å². The van der Waals surface area contributed by atoms with Gasteiger partial charge in [0.2, 0.25) is 5.91 Å². The molecule has 22 heavy (non-hydrogen) atoms. The molecule has 4 nitrogen and oxygen atoms in total. The summed E-state index contributed by atoms with van der Waals surface area (Å²) >= 11 is 0. The van der Waals surface area contributed by atoms with Gasteiger partial charge in [0, 0.05) is 19.0 Å². The highest BCUT2D eigenvalue weighted by Gasteiger charge is 2.40. The third-order valence-electron chi connectivity index (χ3n) is 3.93. The molecule has 0 aliphatic carbocycles. The highest BCUT2D eigenvalue weighted by atomic mass is 16.2. The lowest BCUT2D eigenvalue weighted by Crippen LogP contribution is -2.44. The lowest BCUT2D eigenvalue weighted by Gasteiger charge is -2.29. The van der Waals surface area contributed by atoms with Crippen molar-refractivity contribution in [2.75, 3.05) is 7.05 Å². The fourth-order valence-corrected chi connectivity index (χ4v) is 2.76. The summed E-state index contributed by atoms with van der Waals surface area (Å²) in [5.41, 5.74) is 1.80. The molecule has 0 spiro atoms. The average Bonchev–Trinajstić information content (AvgIpc) is 2.54. The van der Waals surface area contributed by atoms with Crippen LogP contribution < -0.4 is 0 Å². The minimum absolute atomic E-state index is 0.174. The van der Waals surface area contributed by atoms with Crippen LogP contribution in [0.25, 0.3) is 0 Å². The molecule has 1 heterocycles. The Morgan fingerprint density at radius 1 is 1.00 bits per heavy atom. The smallest absolute Gasteiger partial charge is 0.260 e. The average molecular weight is 293 g/mol. The zero-order chi connectivity index (χ0) is 15.7. The second-order valence-electron chi connectivity index (χ2n) is 5.35. The Kier molecular flexibility index (Phi) is 3.59. The van der Waals surface area contributed by atoms with Gasteiger partial charge in [0.05, 0.1) is 0 Å². The van der Waals surface area contributed by atoms with Crippen LogP contribution in [0.2, 0.25) is 0 Å². The van der Waals surface area contributed by atoms with E-state index in [-0.39, 0.29) is 18.1 Å². The molecule has 0 saturated carbocycles. The quantitative estimate of drug-likeness (QED) is 0.644. The van der Waals surface area contributed by atoms with Gasteiger partial charge in [0.1, 0.15) is 5.92 Å². The van der Waals surface area contributed by atoms with Crippen molar-refractivity contribution in [1.29, 1.82) is 0 Å². The molecule has 110 valence electrons. The first kappa shape index (κ1) is 14.2. The van der Waals surface area contributed by atoms with E-state index in [1.165, 1.54) is 7.05 Å². The first-order valence-corrected chi connectivity index (χ1v) is 7.07. The lowest BCUT2D eigenvalue weighted by molar-refractivity contribution is -0.135. The van der Waals surface area contributed by atoms with Crippen LogP contribution in [0, 0.1) is 0 Å². The number of imide groups is 1. The number of nitrogens with zero attached hydrogens (tertiary/aromatic N) is 1. The summed E-state index contributed by atoms with van der Waals surface area (Å²) in [6.45, 7) is 0. The van der Waals surface area contributed by atoms with Crippen molar-refractivity contribution in [3.05, 3.63) is 71.3 Å². The van der Waals surface area contributed by atoms with Crippen LogP contribution in [0.4, 0.5) is 0 Å². The summed E-state index contributed by atoms with van der Waals surface area (Å²) in [6, 6.07) is 16.1. The van der Waals surface area contributed by atoms with E-state index in [1.807, 2.05) is 30.3 Å². The number of hydrogen-bond acceptors (Lipinski definition) is 3. The fourth-order valence-electron chi connectivity index (χ4n) is 2.76. The predicted molar refractivity (Wildman–Crippen MR) is 81.4 cm³/mol. The summed E-state index contributed by atoms with van der Waals surface area (Å²) in [6.07, 6.45) is 0.174. The van der Waals surface area contributed by atoms with Crippen molar-refractivity contribution >= 4 is 17.6 Å². The Balaban J connectivity index is 1.98. The van der Waals surface area contributed by atoms with Crippen molar-refractivity contribution in [1.82, 2.24) is 4.90 Å². The third kappa shape index (κ3) is 2.33. The summed E-state index contributed by atoms with van der Waals surface area (Å²) in [7, 11) is 1.42. The normalized spacial score (nSPS) is 17.3. The maximum atomic E-state index is 12.6. The van der Waals surface area contributed by atoms with Crippen molar-refractivity contribution in [3.8, 4) is 0 Å². The van der Waals surface area contributed by atoms with Crippen LogP contribution in [0.1, 0.15) is 27.4 Å². The van der Waals surface area contributed by atoms with Crippen molar-refractivity contribution < 1.29 is 14.4 Å². The van der Waals surface area contributed by atoms with Crippen LogP contribution in [0.15, 0.2) is 54.6 Å². The Labute approximate surface area is 128 Å². The minimum Gasteiger partial charge on any atom is -0.298 e. The summed E-state index contributed by atoms with van der Waals surface area (Å²) < 4.78 is 0. The maximum Gasteiger partial charge on any atom is 0.260 e. The number of likely N-dealkylation sites (N-methyl/N-ethyl adjacent to an activating group) is 1. The SMILES string of the molecule is CN1C(=O)c2ccccc2C(C(=O)Cc2ccccc2)C1=O. The number of carbonyl (C=O) groups excluding carboxylic acids is 3. The molecule has 0 N–H and O–H groups in total. The van der Waals surface area contributed by atoms with E-state index in [2.05, 4.69) is 0 Å². The first-order chi connectivity index (χ1) is 10.6. The number of ketones is 1. The molecular weight excluding hydrogens is 278 g/mol. The van der Waals surface area contributed by atoms with Gasteiger partial charge < -0.3 is 0 Å². The van der Waals surface area contributed by atoms with Crippen molar-refractivity contribution in [2.45, 2.75) is 12.3 Å². The van der Waals surface area contributed by atoms with Crippen molar-refractivity contribution in [3.63, 3.8) is 0 Å². The number of Topliss-reactive ketones (excluding diaryl/α,β-unsaturated/α-hetero) is 1. The molecule has 0 fully saturated rings. The molecule has 2 aromatic rings. The molecule has 0 saturated heterocycles. The Morgan fingerprint density at radius 2 is 1.64 bits per heavy atom. The predicted octanol–water partition coefficient (Wildman–Crippen LogP) is 2.19. The molecule has 4 heteroatoms. The molecule has 0 aromatic heterocycles. The topological polar surface area (TPSA) is 54.5 Å². The zero-order valence-electron chi connectivity index (χ0n) is 12.2. The Bertz CT molecular complexity index is 752. The van der Waals surface area contributed by atoms with Gasteiger partial charge in [-0.2, -0.15) is 0 Å². The second kappa shape index (κ2) is 5.56. The first-order valence-electron chi connectivity index (χ1n) is 7.07. The lowest BCUT2D eigenvalue weighted by atomic mass is 9.84. The summed E-state index contributed by atoms with van der Waals surface area (Å²) in [4.78, 5) is 38.2. The van der Waals surface area contributed by atoms with Gasteiger partial charge in [-0.1, -0.05) is 48.5 Å². The molecular formula is C18H15NO3. The van der Waals surface area contributed by atoms with E-state index in [0.717, 1.165) is 10.5 Å². The molecule has 1 aliphatic heterocycles. The van der Waals surface area contributed by atoms with Crippen LogP contribution in [0.5, 0.6) is 0 Å². The van der Waals surface area contributed by atoms with Crippen LogP contribution in [-0.4, -0.2) is 29.5 Å². The number of hydrogen-bond donors (Lipinski definition) is 0. The molecule has 1 unspecified atom stereocenters. The van der Waals surface area contributed by atoms with Gasteiger partial charge in [-0.05, 0) is 17.2 Å². The monoisotopic (exact) mass is 293 g/mol. The number of rotatable bonds is 3. The fraction of sp³-hybridized carbons (Fsp3) is 0.167. The van der Waals surface area contributed by atoms with Gasteiger partial charge in [0.25, 0.3) is 5.91 Å². The molecule has 2 amide bonds. The highest BCUT2D eigenvalue weighted by Crippen LogP contribution is 2.30. The minimum atomic E-state index is -0.904. The number of amides is 2. The van der Waals surface area contributed by atoms with Gasteiger partial charge in [-0.15, -0.1) is 0 Å². The standard InChI is InChI=1S/C18H15NO3/c1-19-17(21)14-10-6-5-9-13(14)16(18(19)22)15(20)11-12-7-3-2-4-8-12/h2-10,16H,11H2,1H3. The zero-order valence-corrected chi connectivity index (χ0v) is 12.2. The van der Waals surface area contributed by atoms with E-state index < -0.39 is 11.8 Å². The Hall–Kier alpha value is -2.75. The van der Waals surface area contributed by atoms with E-state index in [9.17, 15) is 14.4 Å². The molecule has 2 aromatic carbocycles. The van der Waals surface area contributed by atoms with E-state index >= 15 is 0 Å².